The third kappa shape index (κ3) is 5.94. The maximum Gasteiger partial charge on any atom is 0.120 e. The Morgan fingerprint density at radius 2 is 1.87 bits per heavy atom. The average Bonchev–Trinajstić information content (AvgIpc) is 2.75. The van der Waals surface area contributed by atoms with Gasteiger partial charge in [-0.25, -0.2) is 0 Å². The molecule has 1 aromatic carbocycles. The Morgan fingerprint density at radius 3 is 2.33 bits per heavy atom. The number of aldehydes is 1. The van der Waals surface area contributed by atoms with Gasteiger partial charge in [-0.15, -0.1) is 0 Å². The highest BCUT2D eigenvalue weighted by atomic mass is 16.4. The third-order valence-corrected chi connectivity index (χ3v) is 5.97. The van der Waals surface area contributed by atoms with E-state index >= 15 is 0 Å². The summed E-state index contributed by atoms with van der Waals surface area (Å²) in [6.45, 7) is 14.1. The molecule has 164 valence electrons. The number of anilines is 1. The molecule has 0 aliphatic heterocycles. The smallest absolute Gasteiger partial charge is 0.120 e. The molecule has 1 atom stereocenters. The first-order chi connectivity index (χ1) is 14.2. The second kappa shape index (κ2) is 11.5. The van der Waals surface area contributed by atoms with Gasteiger partial charge >= 0.3 is 0 Å². The van der Waals surface area contributed by atoms with E-state index in [0.717, 1.165) is 53.5 Å². The fourth-order valence-corrected chi connectivity index (χ4v) is 3.60. The van der Waals surface area contributed by atoms with Gasteiger partial charge in [0.15, 0.2) is 0 Å². The van der Waals surface area contributed by atoms with Crippen LogP contribution in [0.1, 0.15) is 77.0 Å². The first kappa shape index (κ1) is 25.4. The van der Waals surface area contributed by atoms with Gasteiger partial charge in [-0.05, 0) is 61.9 Å². The molecule has 1 aromatic rings. The molecule has 0 aliphatic rings. The van der Waals surface area contributed by atoms with Gasteiger partial charge in [0, 0.05) is 37.2 Å². The van der Waals surface area contributed by atoms with Crippen LogP contribution in [0, 0.1) is 0 Å². The summed E-state index contributed by atoms with van der Waals surface area (Å²) in [5.74, 6) is 0. The standard InChI is InChI=1S/C26H38N2O2/c1-9-19(4)13-12-14-21(10-2)23-17-24(26(6,11-3)15-16-29)25(28(7)8)18-22(23)20(5)27-30/h9,13-14,16-18,30H,1,10-12,15H2,2-8H3/b19-13-,21-14+,27-20+. The Hall–Kier alpha value is -2.62. The molecule has 0 amide bonds. The summed E-state index contributed by atoms with van der Waals surface area (Å²) < 4.78 is 0. The monoisotopic (exact) mass is 410 g/mol. The summed E-state index contributed by atoms with van der Waals surface area (Å²) in [5.41, 5.74) is 6.79. The molecule has 0 spiro atoms. The van der Waals surface area contributed by atoms with Crippen LogP contribution in [0.25, 0.3) is 5.57 Å². The Kier molecular flexibility index (Phi) is 9.77. The van der Waals surface area contributed by atoms with E-state index in [4.69, 9.17) is 0 Å². The van der Waals surface area contributed by atoms with E-state index in [1.807, 2.05) is 34.0 Å². The number of carbonyl (C=O) groups excluding carboxylic acids is 1. The van der Waals surface area contributed by atoms with Gasteiger partial charge in [0.05, 0.1) is 5.71 Å². The minimum absolute atomic E-state index is 0.267. The van der Waals surface area contributed by atoms with E-state index in [1.54, 1.807) is 0 Å². The summed E-state index contributed by atoms with van der Waals surface area (Å²) in [7, 11) is 4.01. The van der Waals surface area contributed by atoms with E-state index in [9.17, 15) is 10.0 Å². The molecule has 0 radical (unpaired) electrons. The van der Waals surface area contributed by atoms with Gasteiger partial charge in [0.25, 0.3) is 0 Å². The lowest BCUT2D eigenvalue weighted by Gasteiger charge is -2.33. The van der Waals surface area contributed by atoms with E-state index in [2.05, 4.69) is 61.7 Å². The van der Waals surface area contributed by atoms with Crippen molar-refractivity contribution in [2.75, 3.05) is 19.0 Å². The van der Waals surface area contributed by atoms with Crippen molar-refractivity contribution in [1.29, 1.82) is 0 Å². The quantitative estimate of drug-likeness (QED) is 0.148. The van der Waals surface area contributed by atoms with Crippen LogP contribution in [-0.4, -0.2) is 31.3 Å². The van der Waals surface area contributed by atoms with Crippen LogP contribution in [0.5, 0.6) is 0 Å². The molecule has 0 saturated carbocycles. The van der Waals surface area contributed by atoms with Crippen LogP contribution in [0.3, 0.4) is 0 Å². The number of oxime groups is 1. The zero-order valence-corrected chi connectivity index (χ0v) is 19.7. The van der Waals surface area contributed by atoms with Gasteiger partial charge in [0.2, 0.25) is 0 Å². The Bertz CT molecular complexity index is 847. The van der Waals surface area contributed by atoms with E-state index < -0.39 is 0 Å². The molecule has 0 heterocycles. The van der Waals surface area contributed by atoms with Crippen LogP contribution >= 0.6 is 0 Å². The molecule has 0 aliphatic carbocycles. The number of hydrogen-bond donors (Lipinski definition) is 1. The minimum Gasteiger partial charge on any atom is -0.411 e. The van der Waals surface area contributed by atoms with Crippen molar-refractivity contribution in [1.82, 2.24) is 0 Å². The molecule has 4 nitrogen and oxygen atoms in total. The minimum atomic E-state index is -0.267. The second-order valence-corrected chi connectivity index (χ2v) is 8.25. The summed E-state index contributed by atoms with van der Waals surface area (Å²) in [4.78, 5) is 13.5. The molecule has 0 fully saturated rings. The van der Waals surface area contributed by atoms with Gasteiger partial charge in [-0.1, -0.05) is 56.3 Å². The number of allylic oxidation sites excluding steroid dienone is 5. The number of benzene rings is 1. The molecular weight excluding hydrogens is 372 g/mol. The predicted octanol–water partition coefficient (Wildman–Crippen LogP) is 6.52. The maximum absolute atomic E-state index is 11.5. The summed E-state index contributed by atoms with van der Waals surface area (Å²) in [6, 6.07) is 4.29. The second-order valence-electron chi connectivity index (χ2n) is 8.25. The predicted molar refractivity (Wildman–Crippen MR) is 130 cm³/mol. The molecule has 1 unspecified atom stereocenters. The van der Waals surface area contributed by atoms with Gasteiger partial charge in [-0.3, -0.25) is 0 Å². The van der Waals surface area contributed by atoms with Crippen molar-refractivity contribution < 1.29 is 10.0 Å². The van der Waals surface area contributed by atoms with Crippen molar-refractivity contribution >= 4 is 23.3 Å². The number of rotatable bonds is 11. The Labute approximate surface area is 182 Å². The molecule has 1 rings (SSSR count). The summed E-state index contributed by atoms with van der Waals surface area (Å²) in [5, 5.41) is 13.0. The van der Waals surface area contributed by atoms with Crippen LogP contribution in [0.4, 0.5) is 5.69 Å². The number of nitrogens with zero attached hydrogens (tertiary/aromatic N) is 2. The molecule has 30 heavy (non-hydrogen) atoms. The Balaban J connectivity index is 3.85. The highest BCUT2D eigenvalue weighted by molar-refractivity contribution is 6.03. The van der Waals surface area contributed by atoms with Crippen LogP contribution < -0.4 is 4.90 Å². The maximum atomic E-state index is 11.5. The van der Waals surface area contributed by atoms with Gasteiger partial charge < -0.3 is 14.9 Å². The fraction of sp³-hybridized carbons (Fsp3) is 0.462. The molecule has 4 heteroatoms. The third-order valence-electron chi connectivity index (χ3n) is 5.97. The zero-order valence-electron chi connectivity index (χ0n) is 19.7. The SMILES string of the molecule is C=C/C(C)=C\C/C=C(\CC)c1cc(C(C)(CC)CC=O)c(N(C)C)cc1/C(C)=N/O. The van der Waals surface area contributed by atoms with E-state index in [0.29, 0.717) is 12.1 Å². The fourth-order valence-electron chi connectivity index (χ4n) is 3.60. The van der Waals surface area contributed by atoms with Gasteiger partial charge in [-0.2, -0.15) is 0 Å². The van der Waals surface area contributed by atoms with E-state index in [1.165, 1.54) is 5.57 Å². The van der Waals surface area contributed by atoms with Crippen LogP contribution in [0.2, 0.25) is 0 Å². The van der Waals surface area contributed by atoms with Crippen molar-refractivity contribution in [3.63, 3.8) is 0 Å². The first-order valence-corrected chi connectivity index (χ1v) is 10.7. The van der Waals surface area contributed by atoms with Crippen molar-refractivity contribution in [2.45, 2.75) is 65.7 Å². The molecule has 0 saturated heterocycles. The van der Waals surface area contributed by atoms with Crippen molar-refractivity contribution in [3.05, 3.63) is 59.2 Å². The first-order valence-electron chi connectivity index (χ1n) is 10.7. The summed E-state index contributed by atoms with van der Waals surface area (Å²) >= 11 is 0. The lowest BCUT2D eigenvalue weighted by molar-refractivity contribution is -0.108. The highest BCUT2D eigenvalue weighted by Gasteiger charge is 2.29. The topological polar surface area (TPSA) is 52.9 Å². The zero-order chi connectivity index (χ0) is 22.9. The van der Waals surface area contributed by atoms with Gasteiger partial charge in [0.1, 0.15) is 6.29 Å². The van der Waals surface area contributed by atoms with Crippen molar-refractivity contribution in [3.8, 4) is 0 Å². The number of carbonyl (C=O) groups is 1. The lowest BCUT2D eigenvalue weighted by atomic mass is 9.74. The Morgan fingerprint density at radius 1 is 1.20 bits per heavy atom. The van der Waals surface area contributed by atoms with Crippen LogP contribution in [0.15, 0.2) is 47.7 Å². The van der Waals surface area contributed by atoms with Crippen LogP contribution in [-0.2, 0) is 10.2 Å². The lowest BCUT2D eigenvalue weighted by Crippen LogP contribution is -2.26. The molecule has 1 N–H and O–H groups in total. The largest absolute Gasteiger partial charge is 0.411 e. The molecule has 0 bridgehead atoms. The molecular formula is C26H38N2O2. The van der Waals surface area contributed by atoms with E-state index in [-0.39, 0.29) is 5.41 Å². The summed E-state index contributed by atoms with van der Waals surface area (Å²) in [6.07, 6.45) is 10.2. The highest BCUT2D eigenvalue weighted by Crippen LogP contribution is 2.40. The average molecular weight is 411 g/mol. The normalized spacial score (nSPS) is 15.0. The number of hydrogen-bond acceptors (Lipinski definition) is 4. The molecule has 0 aromatic heterocycles. The van der Waals surface area contributed by atoms with Crippen molar-refractivity contribution in [2.24, 2.45) is 5.16 Å².